The largest absolute Gasteiger partial charge is 0.402 e. The Morgan fingerprint density at radius 3 is 2.62 bits per heavy atom. The maximum absolute atomic E-state index is 11.9. The van der Waals surface area contributed by atoms with Crippen LogP contribution in [0, 0.1) is 6.92 Å². The van der Waals surface area contributed by atoms with Gasteiger partial charge >= 0.3 is 5.97 Å². The van der Waals surface area contributed by atoms with Crippen molar-refractivity contribution in [3.8, 4) is 0 Å². The summed E-state index contributed by atoms with van der Waals surface area (Å²) < 4.78 is 5.23. The van der Waals surface area contributed by atoms with E-state index in [1.807, 2.05) is 43.3 Å². The molecule has 2 aromatic carbocycles. The first-order valence-electron chi connectivity index (χ1n) is 6.47. The average molecular weight is 298 g/mol. The van der Waals surface area contributed by atoms with E-state index < -0.39 is 5.97 Å². The van der Waals surface area contributed by atoms with Gasteiger partial charge in [0, 0.05) is 10.6 Å². The summed E-state index contributed by atoms with van der Waals surface area (Å²) in [6.45, 7) is 1.98. The third-order valence-electron chi connectivity index (χ3n) is 3.06. The zero-order chi connectivity index (χ0) is 14.8. The molecule has 0 aromatic heterocycles. The van der Waals surface area contributed by atoms with Crippen molar-refractivity contribution in [2.75, 3.05) is 0 Å². The van der Waals surface area contributed by atoms with E-state index in [1.54, 1.807) is 18.2 Å². The highest BCUT2D eigenvalue weighted by molar-refractivity contribution is 6.30. The fraction of sp³-hybridized carbons (Fsp3) is 0.0588. The predicted molar refractivity (Wildman–Crippen MR) is 83.2 cm³/mol. The number of carbonyl (C=O) groups is 1. The number of benzene rings is 2. The molecule has 0 aliphatic carbocycles. The zero-order valence-corrected chi connectivity index (χ0v) is 12.1. The summed E-state index contributed by atoms with van der Waals surface area (Å²) in [5.74, 6) is -0.106. The lowest BCUT2D eigenvalue weighted by atomic mass is 10.1. The van der Waals surface area contributed by atoms with Crippen LogP contribution in [0.4, 0.5) is 0 Å². The molecule has 0 N–H and O–H groups in total. The monoisotopic (exact) mass is 297 g/mol. The molecule has 0 saturated carbocycles. The molecular formula is C17H12ClNO2. The Bertz CT molecular complexity index is 761. The molecule has 3 nitrogen and oxygen atoms in total. The van der Waals surface area contributed by atoms with Crippen molar-refractivity contribution in [1.29, 1.82) is 0 Å². The second-order valence-electron chi connectivity index (χ2n) is 4.76. The quantitative estimate of drug-likeness (QED) is 0.621. The van der Waals surface area contributed by atoms with Crippen molar-refractivity contribution in [2.45, 2.75) is 6.92 Å². The number of carbonyl (C=O) groups excluding carboxylic acids is 1. The van der Waals surface area contributed by atoms with Gasteiger partial charge in [0.05, 0.1) is 0 Å². The second-order valence-corrected chi connectivity index (χ2v) is 5.19. The SMILES string of the molecule is Cc1cccc(C2=N/C(=C\c3ccc(Cl)cc3)C(=O)O2)c1. The summed E-state index contributed by atoms with van der Waals surface area (Å²) in [7, 11) is 0. The van der Waals surface area contributed by atoms with E-state index in [4.69, 9.17) is 16.3 Å². The molecule has 1 heterocycles. The van der Waals surface area contributed by atoms with Crippen LogP contribution in [-0.4, -0.2) is 11.9 Å². The molecule has 0 bridgehead atoms. The molecule has 0 radical (unpaired) electrons. The highest BCUT2D eigenvalue weighted by atomic mass is 35.5. The highest BCUT2D eigenvalue weighted by Crippen LogP contribution is 2.20. The smallest absolute Gasteiger partial charge is 0.363 e. The van der Waals surface area contributed by atoms with Crippen LogP contribution >= 0.6 is 11.6 Å². The van der Waals surface area contributed by atoms with E-state index in [0.717, 1.165) is 16.7 Å². The average Bonchev–Trinajstić information content (AvgIpc) is 2.83. The van der Waals surface area contributed by atoms with Gasteiger partial charge in [-0.2, -0.15) is 0 Å². The summed E-state index contributed by atoms with van der Waals surface area (Å²) in [5, 5.41) is 0.648. The van der Waals surface area contributed by atoms with Crippen LogP contribution in [0.5, 0.6) is 0 Å². The second kappa shape index (κ2) is 5.54. The fourth-order valence-corrected chi connectivity index (χ4v) is 2.15. The van der Waals surface area contributed by atoms with Gasteiger partial charge in [-0.25, -0.2) is 9.79 Å². The van der Waals surface area contributed by atoms with Gasteiger partial charge in [0.2, 0.25) is 5.90 Å². The van der Waals surface area contributed by atoms with Crippen LogP contribution in [0.3, 0.4) is 0 Å². The van der Waals surface area contributed by atoms with Crippen LogP contribution in [0.15, 0.2) is 59.2 Å². The molecule has 0 unspecified atom stereocenters. The molecule has 1 aliphatic heterocycles. The fourth-order valence-electron chi connectivity index (χ4n) is 2.03. The van der Waals surface area contributed by atoms with Crippen molar-refractivity contribution in [3.05, 3.63) is 75.9 Å². The Morgan fingerprint density at radius 2 is 1.90 bits per heavy atom. The highest BCUT2D eigenvalue weighted by Gasteiger charge is 2.24. The summed E-state index contributed by atoms with van der Waals surface area (Å²) in [6.07, 6.45) is 1.68. The molecule has 0 amide bonds. The molecule has 0 saturated heterocycles. The first-order chi connectivity index (χ1) is 10.1. The van der Waals surface area contributed by atoms with Gasteiger partial charge in [0.15, 0.2) is 5.70 Å². The van der Waals surface area contributed by atoms with Crippen LogP contribution in [0.2, 0.25) is 5.02 Å². The number of aliphatic imine (C=N–C) groups is 1. The van der Waals surface area contributed by atoms with E-state index in [-0.39, 0.29) is 5.70 Å². The minimum Gasteiger partial charge on any atom is -0.402 e. The number of hydrogen-bond donors (Lipinski definition) is 0. The van der Waals surface area contributed by atoms with Gasteiger partial charge < -0.3 is 4.74 Å². The molecule has 104 valence electrons. The number of halogens is 1. The first-order valence-corrected chi connectivity index (χ1v) is 6.85. The third kappa shape index (κ3) is 3.03. The van der Waals surface area contributed by atoms with Crippen molar-refractivity contribution in [3.63, 3.8) is 0 Å². The van der Waals surface area contributed by atoms with Crippen molar-refractivity contribution >= 4 is 29.5 Å². The van der Waals surface area contributed by atoms with Gasteiger partial charge in [-0.3, -0.25) is 0 Å². The molecule has 2 aromatic rings. The standard InChI is InChI=1S/C17H12ClNO2/c1-11-3-2-4-13(9-11)16-19-15(17(20)21-16)10-12-5-7-14(18)8-6-12/h2-10H,1H3/b15-10-. The van der Waals surface area contributed by atoms with E-state index in [1.165, 1.54) is 0 Å². The van der Waals surface area contributed by atoms with Gasteiger partial charge in [0.25, 0.3) is 0 Å². The number of nitrogens with zero attached hydrogens (tertiary/aromatic N) is 1. The number of rotatable bonds is 2. The van der Waals surface area contributed by atoms with Crippen LogP contribution in [0.25, 0.3) is 6.08 Å². The maximum Gasteiger partial charge on any atom is 0.363 e. The van der Waals surface area contributed by atoms with Crippen LogP contribution < -0.4 is 0 Å². The Balaban J connectivity index is 1.93. The van der Waals surface area contributed by atoms with Crippen LogP contribution in [-0.2, 0) is 9.53 Å². The number of hydrogen-bond acceptors (Lipinski definition) is 3. The number of esters is 1. The number of cyclic esters (lactones) is 1. The minimum atomic E-state index is -0.443. The molecule has 3 rings (SSSR count). The molecule has 0 spiro atoms. The van der Waals surface area contributed by atoms with E-state index >= 15 is 0 Å². The summed E-state index contributed by atoms with van der Waals surface area (Å²) >= 11 is 5.84. The Morgan fingerprint density at radius 1 is 1.14 bits per heavy atom. The minimum absolute atomic E-state index is 0.286. The molecular weight excluding hydrogens is 286 g/mol. The maximum atomic E-state index is 11.9. The summed E-state index contributed by atoms with van der Waals surface area (Å²) in [6, 6.07) is 14.8. The van der Waals surface area contributed by atoms with Crippen molar-refractivity contribution in [1.82, 2.24) is 0 Å². The number of aryl methyl sites for hydroxylation is 1. The Hall–Kier alpha value is -2.39. The lowest BCUT2D eigenvalue weighted by molar-refractivity contribution is -0.129. The zero-order valence-electron chi connectivity index (χ0n) is 11.3. The van der Waals surface area contributed by atoms with Gasteiger partial charge in [0.1, 0.15) is 0 Å². The molecule has 1 aliphatic rings. The molecule has 4 heteroatoms. The third-order valence-corrected chi connectivity index (χ3v) is 3.31. The topological polar surface area (TPSA) is 38.7 Å². The van der Waals surface area contributed by atoms with E-state index in [9.17, 15) is 4.79 Å². The predicted octanol–water partition coefficient (Wildman–Crippen LogP) is 3.99. The van der Waals surface area contributed by atoms with Crippen molar-refractivity contribution in [2.24, 2.45) is 4.99 Å². The molecule has 0 fully saturated rings. The van der Waals surface area contributed by atoms with E-state index in [2.05, 4.69) is 4.99 Å². The molecule has 0 atom stereocenters. The van der Waals surface area contributed by atoms with Gasteiger partial charge in [-0.1, -0.05) is 41.4 Å². The van der Waals surface area contributed by atoms with Crippen molar-refractivity contribution < 1.29 is 9.53 Å². The summed E-state index contributed by atoms with van der Waals surface area (Å²) in [4.78, 5) is 16.2. The van der Waals surface area contributed by atoms with Crippen LogP contribution in [0.1, 0.15) is 16.7 Å². The van der Waals surface area contributed by atoms with Gasteiger partial charge in [-0.05, 0) is 42.8 Å². The van der Waals surface area contributed by atoms with Gasteiger partial charge in [-0.15, -0.1) is 0 Å². The first kappa shape index (κ1) is 13.6. The molecule has 21 heavy (non-hydrogen) atoms. The Labute approximate surface area is 127 Å². The van der Waals surface area contributed by atoms with E-state index in [0.29, 0.717) is 10.9 Å². The lowest BCUT2D eigenvalue weighted by Gasteiger charge is -1.99. The lowest BCUT2D eigenvalue weighted by Crippen LogP contribution is -2.05. The number of ether oxygens (including phenoxy) is 1. The summed E-state index contributed by atoms with van der Waals surface area (Å²) in [5.41, 5.74) is 3.01. The Kier molecular flexibility index (Phi) is 3.59. The normalized spacial score (nSPS) is 16.0.